The minimum Gasteiger partial charge on any atom is -1.00 e. The van der Waals surface area contributed by atoms with Gasteiger partial charge in [-0.15, -0.1) is 0 Å². The second kappa shape index (κ2) is 18.9. The fourth-order valence-corrected chi connectivity index (χ4v) is 5.26. The third-order valence-electron chi connectivity index (χ3n) is 5.93. The van der Waals surface area contributed by atoms with Crippen molar-refractivity contribution in [2.45, 2.75) is 121 Å². The summed E-state index contributed by atoms with van der Waals surface area (Å²) in [6, 6.07) is 0. The second-order valence-electron chi connectivity index (χ2n) is 8.34. The van der Waals surface area contributed by atoms with Gasteiger partial charge in [0, 0.05) is 0 Å². The van der Waals surface area contributed by atoms with Crippen LogP contribution in [0.5, 0.6) is 0 Å². The number of rotatable bonds is 20. The van der Waals surface area contributed by atoms with Gasteiger partial charge in [-0.1, -0.05) is 104 Å². The zero-order valence-electron chi connectivity index (χ0n) is 20.8. The van der Waals surface area contributed by atoms with E-state index >= 15 is 0 Å². The van der Waals surface area contributed by atoms with Crippen LogP contribution >= 0.6 is 0 Å². The first-order chi connectivity index (χ1) is 14.1. The van der Waals surface area contributed by atoms with E-state index in [9.17, 15) is 32.8 Å². The summed E-state index contributed by atoms with van der Waals surface area (Å²) >= 11 is 0. The number of carbonyl (C=O) groups is 2. The summed E-state index contributed by atoms with van der Waals surface area (Å²) in [4.78, 5) is 23.9. The van der Waals surface area contributed by atoms with Crippen molar-refractivity contribution in [2.24, 2.45) is 5.92 Å². The van der Waals surface area contributed by atoms with E-state index in [1.54, 1.807) is 0 Å². The second-order valence-corrected chi connectivity index (χ2v) is 10.0. The Labute approximate surface area is 232 Å². The molecular formula is C22H43KO7S. The van der Waals surface area contributed by atoms with Crippen LogP contribution in [-0.2, 0) is 19.7 Å². The van der Waals surface area contributed by atoms with E-state index in [2.05, 4.69) is 13.8 Å². The first kappa shape index (κ1) is 33.7. The average Bonchev–Trinajstić information content (AvgIpc) is 2.65. The Morgan fingerprint density at radius 3 is 1.52 bits per heavy atom. The first-order valence-electron chi connectivity index (χ1n) is 11.6. The number of carboxylic acids is 2. The number of hydrogen-bond acceptors (Lipinski definition) is 4. The Hall–Kier alpha value is 0.486. The van der Waals surface area contributed by atoms with E-state index in [4.69, 9.17) is 0 Å². The topological polar surface area (TPSA) is 129 Å². The van der Waals surface area contributed by atoms with Gasteiger partial charge in [0.25, 0.3) is 10.1 Å². The van der Waals surface area contributed by atoms with Crippen LogP contribution in [-0.4, -0.2) is 39.9 Å². The molecule has 9 heteroatoms. The molecule has 0 heterocycles. The molecule has 0 aromatic heterocycles. The van der Waals surface area contributed by atoms with Crippen LogP contribution in [0.1, 0.15) is 118 Å². The Bertz CT molecular complexity index is 601. The van der Waals surface area contributed by atoms with Crippen LogP contribution in [0.3, 0.4) is 0 Å². The number of carboxylic acid groups (broad SMARTS) is 2. The minimum atomic E-state index is -5.11. The molecule has 0 aromatic carbocycles. The normalized spacial score (nSPS) is 14.4. The number of aliphatic carboxylic acids is 2. The first-order valence-corrected chi connectivity index (χ1v) is 13.0. The largest absolute Gasteiger partial charge is 1.00 e. The molecule has 0 saturated heterocycles. The molecule has 31 heavy (non-hydrogen) atoms. The molecule has 0 aliphatic rings. The van der Waals surface area contributed by atoms with Crippen molar-refractivity contribution in [3.05, 3.63) is 0 Å². The third kappa shape index (κ3) is 12.5. The van der Waals surface area contributed by atoms with Gasteiger partial charge in [-0.05, 0) is 12.8 Å². The van der Waals surface area contributed by atoms with Gasteiger partial charge in [0.2, 0.25) is 4.75 Å². The summed E-state index contributed by atoms with van der Waals surface area (Å²) in [6.07, 6.45) is 11.9. The van der Waals surface area contributed by atoms with E-state index in [-0.39, 0.29) is 72.1 Å². The molecule has 0 aliphatic carbocycles. The molecule has 0 fully saturated rings. The van der Waals surface area contributed by atoms with Crippen molar-refractivity contribution in [1.82, 2.24) is 0 Å². The van der Waals surface area contributed by atoms with E-state index in [1.807, 2.05) is 0 Å². The van der Waals surface area contributed by atoms with E-state index < -0.39 is 32.7 Å². The van der Waals surface area contributed by atoms with Crippen molar-refractivity contribution < 1.29 is 85.6 Å². The molecule has 0 bridgehead atoms. The monoisotopic (exact) mass is 490 g/mol. The van der Waals surface area contributed by atoms with Crippen molar-refractivity contribution in [2.75, 3.05) is 0 Å². The summed E-state index contributed by atoms with van der Waals surface area (Å²) in [5.41, 5.74) is 0. The fourth-order valence-electron chi connectivity index (χ4n) is 4.06. The Morgan fingerprint density at radius 1 is 0.774 bits per heavy atom. The van der Waals surface area contributed by atoms with Gasteiger partial charge >= 0.3 is 63.3 Å². The molecule has 180 valence electrons. The van der Waals surface area contributed by atoms with Crippen molar-refractivity contribution in [3.8, 4) is 0 Å². The van der Waals surface area contributed by atoms with Gasteiger partial charge in [0.1, 0.15) is 0 Å². The standard InChI is InChI=1S/C22H42O7S.K.H/c1-3-5-7-9-11-13-15-17-19(20(23)24)22(21(25)26,30(27,28)29)18-16-14-12-10-8-6-4-2;;/h19H,3-18H2,1-2H3,(H,23,24)(H,25,26)(H,27,28,29);;/q;+1;-1. The zero-order valence-corrected chi connectivity index (χ0v) is 23.7. The average molecular weight is 491 g/mol. The maximum Gasteiger partial charge on any atom is 1.00 e. The summed E-state index contributed by atoms with van der Waals surface area (Å²) in [7, 11) is -5.11. The molecule has 0 spiro atoms. The Morgan fingerprint density at radius 2 is 1.16 bits per heavy atom. The molecule has 0 radical (unpaired) electrons. The maximum atomic E-state index is 12.2. The maximum absolute atomic E-state index is 12.2. The molecule has 7 nitrogen and oxygen atoms in total. The molecule has 2 atom stereocenters. The quantitative estimate of drug-likeness (QED) is 0.136. The summed E-state index contributed by atoms with van der Waals surface area (Å²) in [5.74, 6) is -4.92. The van der Waals surface area contributed by atoms with Crippen LogP contribution in [0.15, 0.2) is 0 Å². The summed E-state index contributed by atoms with van der Waals surface area (Å²) in [6.45, 7) is 4.22. The number of unbranched alkanes of at least 4 members (excludes halogenated alkanes) is 12. The van der Waals surface area contributed by atoms with Crippen LogP contribution in [0.4, 0.5) is 0 Å². The zero-order chi connectivity index (χ0) is 23.0. The minimum absolute atomic E-state index is 0. The molecule has 2 unspecified atom stereocenters. The molecular weight excluding hydrogens is 447 g/mol. The van der Waals surface area contributed by atoms with Crippen molar-refractivity contribution in [1.29, 1.82) is 0 Å². The molecule has 0 amide bonds. The molecule has 3 N–H and O–H groups in total. The summed E-state index contributed by atoms with van der Waals surface area (Å²) < 4.78 is 31.5. The van der Waals surface area contributed by atoms with Crippen LogP contribution < -0.4 is 51.4 Å². The van der Waals surface area contributed by atoms with Gasteiger partial charge in [0.05, 0.1) is 5.92 Å². The predicted molar refractivity (Wildman–Crippen MR) is 119 cm³/mol. The molecule has 0 saturated carbocycles. The van der Waals surface area contributed by atoms with Crippen molar-refractivity contribution in [3.63, 3.8) is 0 Å². The van der Waals surface area contributed by atoms with Crippen LogP contribution in [0.25, 0.3) is 0 Å². The van der Waals surface area contributed by atoms with Gasteiger partial charge in [-0.3, -0.25) is 14.1 Å². The predicted octanol–water partition coefficient (Wildman–Crippen LogP) is 2.80. The van der Waals surface area contributed by atoms with Gasteiger partial charge in [0.15, 0.2) is 0 Å². The molecule has 0 aliphatic heterocycles. The Balaban J connectivity index is -0.00000420. The molecule has 0 aromatic rings. The van der Waals surface area contributed by atoms with Gasteiger partial charge in [-0.2, -0.15) is 8.42 Å². The fraction of sp³-hybridized carbons (Fsp3) is 0.909. The van der Waals surface area contributed by atoms with E-state index in [1.165, 1.54) is 0 Å². The van der Waals surface area contributed by atoms with E-state index in [0.29, 0.717) is 19.3 Å². The van der Waals surface area contributed by atoms with Crippen LogP contribution in [0.2, 0.25) is 0 Å². The third-order valence-corrected chi connectivity index (χ3v) is 7.52. The Kier molecular flexibility index (Phi) is 20.5. The van der Waals surface area contributed by atoms with Gasteiger partial charge in [-0.25, -0.2) is 0 Å². The molecule has 0 rings (SSSR count). The van der Waals surface area contributed by atoms with E-state index in [0.717, 1.165) is 64.2 Å². The number of hydrogen-bond donors (Lipinski definition) is 3. The van der Waals surface area contributed by atoms with Crippen LogP contribution in [0, 0.1) is 5.92 Å². The SMILES string of the molecule is CCCCCCCCCC(C(=O)O)C(CCCCCCCCC)(C(=O)O)S(=O)(=O)O.[H-].[K+]. The van der Waals surface area contributed by atoms with Gasteiger partial charge < -0.3 is 11.6 Å². The smallest absolute Gasteiger partial charge is 1.00 e. The summed E-state index contributed by atoms with van der Waals surface area (Å²) in [5, 5.41) is 19.4. The van der Waals surface area contributed by atoms with Crippen molar-refractivity contribution >= 4 is 22.1 Å².